The Labute approximate surface area is 562 Å². The molecule has 0 fully saturated rings. The second-order valence-electron chi connectivity index (χ2n) is 24.3. The van der Waals surface area contributed by atoms with Crippen molar-refractivity contribution in [2.24, 2.45) is 0 Å². The molecule has 0 saturated heterocycles. The Morgan fingerprint density at radius 2 is 0.708 bits per heavy atom. The number of para-hydroxylation sites is 1. The van der Waals surface area contributed by atoms with Gasteiger partial charge in [0, 0.05) is 100 Å². The first kappa shape index (κ1) is 57.1. The fourth-order valence-corrected chi connectivity index (χ4v) is 19.0. The number of benzene rings is 14. The third-order valence-electron chi connectivity index (χ3n) is 18.6. The van der Waals surface area contributed by atoms with E-state index in [4.69, 9.17) is 19.9 Å². The van der Waals surface area contributed by atoms with Crippen LogP contribution in [0.25, 0.3) is 162 Å². The molecule has 0 aliphatic rings. The Balaban J connectivity index is 0.000000140. The lowest BCUT2D eigenvalue weighted by atomic mass is 9.96. The lowest BCUT2D eigenvalue weighted by Crippen LogP contribution is -2.24. The van der Waals surface area contributed by atoms with Crippen LogP contribution in [0.3, 0.4) is 0 Å². The molecule has 96 heavy (non-hydrogen) atoms. The fourth-order valence-electron chi connectivity index (χ4n) is 13.9. The largest absolute Gasteiger partial charge is 0.309 e. The van der Waals surface area contributed by atoms with Crippen LogP contribution >= 0.6 is 29.8 Å². The first-order valence-electron chi connectivity index (χ1n) is 32.2. The fraction of sp³-hybridized carbons (Fsp3) is 0. The number of fused-ring (bicyclic) bond motifs is 14. The van der Waals surface area contributed by atoms with Gasteiger partial charge < -0.3 is 4.57 Å². The van der Waals surface area contributed by atoms with Gasteiger partial charge in [0.15, 0.2) is 13.0 Å². The highest BCUT2D eigenvalue weighted by Crippen LogP contribution is 2.48. The van der Waals surface area contributed by atoms with E-state index in [2.05, 4.69) is 231 Å². The van der Waals surface area contributed by atoms with Crippen molar-refractivity contribution in [2.75, 3.05) is 0 Å². The van der Waals surface area contributed by atoms with E-state index in [1.165, 1.54) is 72.7 Å². The number of aromatic nitrogens is 4. The summed E-state index contributed by atoms with van der Waals surface area (Å²) in [6, 6.07) is 116. The van der Waals surface area contributed by atoms with Crippen molar-refractivity contribution >= 4 is 140 Å². The number of thiophene rings is 2. The van der Waals surface area contributed by atoms with Crippen LogP contribution < -0.4 is 15.9 Å². The highest BCUT2D eigenvalue weighted by molar-refractivity contribution is 7.85. The smallest absolute Gasteiger partial charge is 0.171 e. The Bertz CT molecular complexity index is 6250. The topological polar surface area (TPSA) is 68.6 Å². The quantitative estimate of drug-likeness (QED) is 0.0818. The number of hydrogen-bond donors (Lipinski definition) is 0. The van der Waals surface area contributed by atoms with Gasteiger partial charge in [0.25, 0.3) is 0 Å². The van der Waals surface area contributed by atoms with Crippen LogP contribution in [0, 0.1) is 0 Å². The molecule has 0 N–H and O–H groups in total. The molecule has 0 atom stereocenters. The Kier molecular flexibility index (Phi) is 14.1. The molecule has 19 aromatic rings. The summed E-state index contributed by atoms with van der Waals surface area (Å²) in [4.78, 5) is 20.8. The van der Waals surface area contributed by atoms with Crippen LogP contribution in [0.15, 0.2) is 334 Å². The number of pyridine rings is 2. The maximum Gasteiger partial charge on any atom is 0.171 e. The van der Waals surface area contributed by atoms with E-state index in [0.29, 0.717) is 0 Å². The normalized spacial score (nSPS) is 11.8. The molecule has 450 valence electrons. The van der Waals surface area contributed by atoms with Crippen LogP contribution in [0.4, 0.5) is 0 Å². The average Bonchev–Trinajstić information content (AvgIpc) is 1.49. The third kappa shape index (κ3) is 9.95. The van der Waals surface area contributed by atoms with Crippen molar-refractivity contribution in [2.45, 2.75) is 0 Å². The molecule has 5 heterocycles. The summed E-state index contributed by atoms with van der Waals surface area (Å²) in [5.41, 5.74) is 14.7. The summed E-state index contributed by atoms with van der Waals surface area (Å²) < 4.78 is 20.0. The van der Waals surface area contributed by atoms with Crippen molar-refractivity contribution in [3.63, 3.8) is 0 Å². The van der Waals surface area contributed by atoms with Crippen molar-refractivity contribution in [3.05, 3.63) is 334 Å². The molecule has 5 aromatic heterocycles. The second-order valence-corrected chi connectivity index (χ2v) is 29.1. The first-order valence-corrected chi connectivity index (χ1v) is 35.5. The zero-order chi connectivity index (χ0) is 63.7. The van der Waals surface area contributed by atoms with E-state index in [-0.39, 0.29) is 0 Å². The first-order chi connectivity index (χ1) is 47.4. The Morgan fingerprint density at radius 1 is 0.250 bits per heavy atom. The molecule has 5 nitrogen and oxygen atoms in total. The average molecular weight is 1280 g/mol. The molecule has 0 radical (unpaired) electrons. The summed E-state index contributed by atoms with van der Waals surface area (Å²) in [6.45, 7) is 0. The van der Waals surface area contributed by atoms with E-state index in [1.807, 2.05) is 126 Å². The highest BCUT2D eigenvalue weighted by Gasteiger charge is 2.30. The van der Waals surface area contributed by atoms with E-state index in [9.17, 15) is 4.57 Å². The summed E-state index contributed by atoms with van der Waals surface area (Å²) in [6.07, 6.45) is 0. The second kappa shape index (κ2) is 23.8. The minimum atomic E-state index is -3.04. The predicted octanol–water partition coefficient (Wildman–Crippen LogP) is 23.1. The van der Waals surface area contributed by atoms with Crippen molar-refractivity contribution < 1.29 is 4.57 Å². The minimum Gasteiger partial charge on any atom is -0.309 e. The van der Waals surface area contributed by atoms with Gasteiger partial charge in [-0.15, -0.1) is 22.7 Å². The van der Waals surface area contributed by atoms with Crippen molar-refractivity contribution in [3.8, 4) is 67.4 Å². The van der Waals surface area contributed by atoms with Gasteiger partial charge in [0.1, 0.15) is 0 Å². The van der Waals surface area contributed by atoms with Gasteiger partial charge in [0.05, 0.1) is 33.6 Å². The molecule has 0 spiro atoms. The predicted molar refractivity (Wildman–Crippen MR) is 409 cm³/mol. The zero-order valence-corrected chi connectivity index (χ0v) is 54.2. The molecular weight excluding hydrogens is 1220 g/mol. The molecule has 14 aromatic carbocycles. The maximum absolute atomic E-state index is 14.9. The summed E-state index contributed by atoms with van der Waals surface area (Å²) in [7, 11) is -3.04. The number of nitrogens with zero attached hydrogens (tertiary/aromatic N) is 4. The lowest BCUT2D eigenvalue weighted by molar-refractivity contribution is 0.592. The molecule has 0 aliphatic carbocycles. The van der Waals surface area contributed by atoms with Crippen molar-refractivity contribution in [1.82, 2.24) is 19.9 Å². The van der Waals surface area contributed by atoms with Gasteiger partial charge in [-0.2, -0.15) is 0 Å². The molecular formula is C88H55N4OPS2. The molecule has 8 heteroatoms. The van der Waals surface area contributed by atoms with Gasteiger partial charge in [0.2, 0.25) is 0 Å². The molecule has 0 unspecified atom stereocenters. The maximum atomic E-state index is 14.9. The highest BCUT2D eigenvalue weighted by atomic mass is 32.1. The molecule has 0 saturated carbocycles. The standard InChI is InChI=1S/C45H27N3S.C43H28NOPS/c1-2-11-30(12-3-1)45-47-38-19-8-6-17-35(38)42(48-45)29-23-21-28(22-24-29)31-15-10-16-34(25-31)43-41-36-18-7-9-20-40(36)49-44(41)37-26-32-13-4-5-14-33(32)27-39(37)46-43;45-46(33-15-3-1-4-16-33,34-17-5-2-6-18-34)35-25-22-29(23-26-35)31-13-11-14-32(28-31)41-40-37-20-9-10-21-39(37)47-43(40)38-27-24-30-12-7-8-19-36(30)42(38)44-41/h1-27H;1-28H. The molecule has 19 rings (SSSR count). The molecule has 0 amide bonds. The van der Waals surface area contributed by atoms with Gasteiger partial charge in [-0.1, -0.05) is 291 Å². The van der Waals surface area contributed by atoms with Crippen molar-refractivity contribution in [1.29, 1.82) is 0 Å². The van der Waals surface area contributed by atoms with Crippen LogP contribution in [0.2, 0.25) is 0 Å². The Hall–Kier alpha value is -11.6. The zero-order valence-electron chi connectivity index (χ0n) is 51.7. The van der Waals surface area contributed by atoms with Gasteiger partial charge in [-0.3, -0.25) is 0 Å². The molecule has 0 bridgehead atoms. The minimum absolute atomic E-state index is 0.731. The van der Waals surface area contributed by atoms with Crippen LogP contribution in [-0.4, -0.2) is 19.9 Å². The molecule has 0 aliphatic heterocycles. The monoisotopic (exact) mass is 1280 g/mol. The number of rotatable bonds is 9. The summed E-state index contributed by atoms with van der Waals surface area (Å²) in [5.74, 6) is 0.731. The summed E-state index contributed by atoms with van der Waals surface area (Å²) in [5, 5.41) is 15.6. The van der Waals surface area contributed by atoms with E-state index in [1.54, 1.807) is 0 Å². The SMILES string of the molecule is O=P(c1ccccc1)(c1ccccc1)c1ccc(-c2cccc(-c3nc4c5ccccc5ccc4c4sc5ccccc5c34)c2)cc1.c1ccc(-c2nc(-c3ccc(-c4cccc(-c5nc6cc7ccccc7cc6c6sc7ccccc7c56)c4)cc3)c3ccccc3n2)cc1. The van der Waals surface area contributed by atoms with Crippen LogP contribution in [-0.2, 0) is 4.57 Å². The van der Waals surface area contributed by atoms with Gasteiger partial charge in [-0.25, -0.2) is 19.9 Å². The van der Waals surface area contributed by atoms with E-state index >= 15 is 0 Å². The Morgan fingerprint density at radius 3 is 1.33 bits per heavy atom. The van der Waals surface area contributed by atoms with E-state index < -0.39 is 7.14 Å². The van der Waals surface area contributed by atoms with Crippen LogP contribution in [0.1, 0.15) is 0 Å². The third-order valence-corrected chi connectivity index (χ3v) is 24.1. The lowest BCUT2D eigenvalue weighted by Gasteiger charge is -2.20. The summed E-state index contributed by atoms with van der Waals surface area (Å²) >= 11 is 3.70. The van der Waals surface area contributed by atoms with E-state index in [0.717, 1.165) is 105 Å². The number of hydrogen-bond acceptors (Lipinski definition) is 7. The van der Waals surface area contributed by atoms with Gasteiger partial charge in [-0.05, 0) is 80.9 Å². The van der Waals surface area contributed by atoms with Crippen LogP contribution in [0.5, 0.6) is 0 Å². The van der Waals surface area contributed by atoms with Gasteiger partial charge >= 0.3 is 0 Å².